The fourth-order valence-electron chi connectivity index (χ4n) is 2.58. The zero-order valence-electron chi connectivity index (χ0n) is 11.3. The molecule has 0 aromatic carbocycles. The van der Waals surface area contributed by atoms with Crippen LogP contribution in [0.5, 0.6) is 0 Å². The zero-order chi connectivity index (χ0) is 13.4. The normalized spacial score (nSPS) is 28.4. The van der Waals surface area contributed by atoms with Crippen LogP contribution in [0.25, 0.3) is 0 Å². The van der Waals surface area contributed by atoms with Crippen LogP contribution < -0.4 is 0 Å². The van der Waals surface area contributed by atoms with Crippen molar-refractivity contribution in [2.75, 3.05) is 19.7 Å². The highest BCUT2D eigenvalue weighted by Gasteiger charge is 2.48. The number of carbonyl (C=O) groups is 2. The van der Waals surface area contributed by atoms with Crippen molar-refractivity contribution in [1.29, 1.82) is 0 Å². The number of rotatable bonds is 0. The first-order valence-corrected chi connectivity index (χ1v) is 6.48. The molecule has 102 valence electrons. The predicted octanol–water partition coefficient (Wildman–Crippen LogP) is 1.95. The second kappa shape index (κ2) is 4.44. The zero-order valence-corrected chi connectivity index (χ0v) is 11.3. The maximum Gasteiger partial charge on any atom is 0.410 e. The van der Waals surface area contributed by atoms with Crippen LogP contribution in [0.4, 0.5) is 4.79 Å². The van der Waals surface area contributed by atoms with Gasteiger partial charge in [-0.1, -0.05) is 0 Å². The number of cyclic esters (lactones) is 1. The molecule has 0 aliphatic carbocycles. The minimum absolute atomic E-state index is 0.157. The number of piperidine rings is 1. The van der Waals surface area contributed by atoms with Gasteiger partial charge in [-0.2, -0.15) is 0 Å². The largest absolute Gasteiger partial charge is 0.465 e. The molecular weight excluding hydrogens is 234 g/mol. The molecule has 1 spiro atoms. The number of likely N-dealkylation sites (tertiary alicyclic amines) is 1. The van der Waals surface area contributed by atoms with Crippen molar-refractivity contribution in [2.45, 2.75) is 45.6 Å². The number of esters is 1. The fourth-order valence-corrected chi connectivity index (χ4v) is 2.58. The Labute approximate surface area is 107 Å². The molecule has 0 bridgehead atoms. The van der Waals surface area contributed by atoms with E-state index < -0.39 is 11.0 Å². The Morgan fingerprint density at radius 3 is 2.67 bits per heavy atom. The third kappa shape index (κ3) is 2.60. The van der Waals surface area contributed by atoms with Crippen molar-refractivity contribution in [1.82, 2.24) is 4.90 Å². The molecule has 18 heavy (non-hydrogen) atoms. The lowest BCUT2D eigenvalue weighted by molar-refractivity contribution is -0.148. The first kappa shape index (κ1) is 13.2. The predicted molar refractivity (Wildman–Crippen MR) is 65.1 cm³/mol. The lowest BCUT2D eigenvalue weighted by Gasteiger charge is -2.38. The van der Waals surface area contributed by atoms with Crippen LogP contribution in [0.15, 0.2) is 0 Å². The molecule has 2 saturated heterocycles. The monoisotopic (exact) mass is 255 g/mol. The lowest BCUT2D eigenvalue weighted by atomic mass is 9.79. The highest BCUT2D eigenvalue weighted by molar-refractivity contribution is 5.80. The first-order valence-electron chi connectivity index (χ1n) is 6.48. The van der Waals surface area contributed by atoms with Crippen molar-refractivity contribution in [3.63, 3.8) is 0 Å². The van der Waals surface area contributed by atoms with E-state index in [1.807, 2.05) is 20.8 Å². The molecule has 2 fully saturated rings. The molecule has 0 saturated carbocycles. The minimum atomic E-state index is -0.502. The van der Waals surface area contributed by atoms with E-state index in [0.717, 1.165) is 12.8 Å². The van der Waals surface area contributed by atoms with Gasteiger partial charge in [0.2, 0.25) is 0 Å². The van der Waals surface area contributed by atoms with Gasteiger partial charge in [0.15, 0.2) is 0 Å². The quantitative estimate of drug-likeness (QED) is 0.621. The standard InChI is InChI=1S/C13H21NO4/c1-12(2,3)18-11(16)14-7-4-5-13(9-14)6-8-17-10(13)15/h4-9H2,1-3H3. The van der Waals surface area contributed by atoms with Crippen molar-refractivity contribution in [2.24, 2.45) is 5.41 Å². The Morgan fingerprint density at radius 1 is 1.39 bits per heavy atom. The minimum Gasteiger partial charge on any atom is -0.465 e. The number of ether oxygens (including phenoxy) is 2. The van der Waals surface area contributed by atoms with E-state index in [4.69, 9.17) is 9.47 Å². The van der Waals surface area contributed by atoms with Crippen LogP contribution in [0.1, 0.15) is 40.0 Å². The van der Waals surface area contributed by atoms with Crippen molar-refractivity contribution in [3.8, 4) is 0 Å². The molecule has 2 aliphatic rings. The summed E-state index contributed by atoms with van der Waals surface area (Å²) >= 11 is 0. The molecule has 2 aliphatic heterocycles. The maximum atomic E-state index is 12.0. The Morgan fingerprint density at radius 2 is 2.11 bits per heavy atom. The summed E-state index contributed by atoms with van der Waals surface area (Å²) in [5.74, 6) is -0.157. The van der Waals surface area contributed by atoms with Crippen LogP contribution in [-0.4, -0.2) is 42.3 Å². The molecule has 1 unspecified atom stereocenters. The average Bonchev–Trinajstić information content (AvgIpc) is 2.58. The fraction of sp³-hybridized carbons (Fsp3) is 0.846. The Balaban J connectivity index is 2.03. The molecule has 0 N–H and O–H groups in total. The molecule has 5 nitrogen and oxygen atoms in total. The smallest absolute Gasteiger partial charge is 0.410 e. The molecular formula is C13H21NO4. The number of amides is 1. The van der Waals surface area contributed by atoms with Crippen molar-refractivity contribution >= 4 is 12.1 Å². The molecule has 5 heteroatoms. The van der Waals surface area contributed by atoms with Gasteiger partial charge in [0.05, 0.1) is 12.0 Å². The van der Waals surface area contributed by atoms with Gasteiger partial charge in [-0.15, -0.1) is 0 Å². The molecule has 1 amide bonds. The van der Waals surface area contributed by atoms with E-state index in [1.165, 1.54) is 0 Å². The molecule has 0 aromatic heterocycles. The molecule has 2 rings (SSSR count). The summed E-state index contributed by atoms with van der Waals surface area (Å²) in [6, 6.07) is 0. The van der Waals surface area contributed by atoms with Crippen molar-refractivity contribution < 1.29 is 19.1 Å². The molecule has 1 atom stereocenters. The topological polar surface area (TPSA) is 55.8 Å². The van der Waals surface area contributed by atoms with Gasteiger partial charge < -0.3 is 14.4 Å². The third-order valence-electron chi connectivity index (χ3n) is 3.48. The van der Waals surface area contributed by atoms with Crippen LogP contribution >= 0.6 is 0 Å². The SMILES string of the molecule is CC(C)(C)OC(=O)N1CCCC2(CCOC2=O)C1. The van der Waals surface area contributed by atoms with Crippen LogP contribution in [0, 0.1) is 5.41 Å². The van der Waals surface area contributed by atoms with Crippen LogP contribution in [0.2, 0.25) is 0 Å². The van der Waals surface area contributed by atoms with E-state index in [9.17, 15) is 9.59 Å². The summed E-state index contributed by atoms with van der Waals surface area (Å²) in [6.07, 6.45) is 2.02. The Kier molecular flexibility index (Phi) is 3.25. The van der Waals surface area contributed by atoms with Crippen LogP contribution in [-0.2, 0) is 14.3 Å². The van der Waals surface area contributed by atoms with Crippen LogP contribution in [0.3, 0.4) is 0 Å². The number of hydrogen-bond donors (Lipinski definition) is 0. The molecule has 2 heterocycles. The molecule has 0 radical (unpaired) electrons. The van der Waals surface area contributed by atoms with E-state index in [-0.39, 0.29) is 12.1 Å². The van der Waals surface area contributed by atoms with E-state index in [0.29, 0.717) is 26.1 Å². The van der Waals surface area contributed by atoms with Gasteiger partial charge >= 0.3 is 12.1 Å². The number of carbonyl (C=O) groups excluding carboxylic acids is 2. The highest BCUT2D eigenvalue weighted by atomic mass is 16.6. The van der Waals surface area contributed by atoms with Gasteiger partial charge in [-0.05, 0) is 40.0 Å². The number of hydrogen-bond acceptors (Lipinski definition) is 4. The van der Waals surface area contributed by atoms with Gasteiger partial charge in [0, 0.05) is 13.1 Å². The summed E-state index contributed by atoms with van der Waals surface area (Å²) in [7, 11) is 0. The van der Waals surface area contributed by atoms with Gasteiger partial charge in [0.1, 0.15) is 5.60 Å². The molecule has 0 aromatic rings. The summed E-state index contributed by atoms with van der Waals surface area (Å²) in [5, 5.41) is 0. The van der Waals surface area contributed by atoms with Gasteiger partial charge in [-0.3, -0.25) is 4.79 Å². The first-order chi connectivity index (χ1) is 8.32. The summed E-state index contributed by atoms with van der Waals surface area (Å²) < 4.78 is 10.4. The van der Waals surface area contributed by atoms with E-state index in [2.05, 4.69) is 0 Å². The highest BCUT2D eigenvalue weighted by Crippen LogP contribution is 2.39. The average molecular weight is 255 g/mol. The summed E-state index contributed by atoms with van der Waals surface area (Å²) in [5.41, 5.74) is -0.979. The van der Waals surface area contributed by atoms with Crippen molar-refractivity contribution in [3.05, 3.63) is 0 Å². The maximum absolute atomic E-state index is 12.0. The number of nitrogens with zero attached hydrogens (tertiary/aromatic N) is 1. The van der Waals surface area contributed by atoms with E-state index in [1.54, 1.807) is 4.90 Å². The summed E-state index contributed by atoms with van der Waals surface area (Å²) in [6.45, 7) is 7.09. The lowest BCUT2D eigenvalue weighted by Crippen LogP contribution is -2.49. The third-order valence-corrected chi connectivity index (χ3v) is 3.48. The second-order valence-electron chi connectivity index (χ2n) is 6.17. The van der Waals surface area contributed by atoms with E-state index >= 15 is 0 Å². The Bertz CT molecular complexity index is 360. The summed E-state index contributed by atoms with van der Waals surface area (Å²) in [4.78, 5) is 25.5. The van der Waals surface area contributed by atoms with Gasteiger partial charge in [-0.25, -0.2) is 4.79 Å². The second-order valence-corrected chi connectivity index (χ2v) is 6.17. The van der Waals surface area contributed by atoms with Gasteiger partial charge in [0.25, 0.3) is 0 Å². The Hall–Kier alpha value is -1.26.